The molecule has 1 aromatic carbocycles. The monoisotopic (exact) mass is 307 g/mol. The molecule has 20 heavy (non-hydrogen) atoms. The highest BCUT2D eigenvalue weighted by Gasteiger charge is 2.23. The fourth-order valence-corrected chi connectivity index (χ4v) is 3.85. The van der Waals surface area contributed by atoms with E-state index in [1.54, 1.807) is 11.3 Å². The number of nitrogens with two attached hydrogens (primary N) is 1. The molecule has 3 rings (SSSR count). The molecule has 1 saturated heterocycles. The van der Waals surface area contributed by atoms with Crippen LogP contribution in [0.25, 0.3) is 10.6 Å². The highest BCUT2D eigenvalue weighted by molar-refractivity contribution is 7.13. The molecule has 5 heteroatoms. The van der Waals surface area contributed by atoms with E-state index in [-0.39, 0.29) is 0 Å². The summed E-state index contributed by atoms with van der Waals surface area (Å²) in [5, 5.41) is 3.88. The zero-order chi connectivity index (χ0) is 13.9. The highest BCUT2D eigenvalue weighted by Crippen LogP contribution is 2.30. The molecule has 0 bridgehead atoms. The molecule has 0 amide bonds. The van der Waals surface area contributed by atoms with Gasteiger partial charge in [-0.15, -0.1) is 11.3 Å². The van der Waals surface area contributed by atoms with Gasteiger partial charge in [-0.2, -0.15) is 0 Å². The summed E-state index contributed by atoms with van der Waals surface area (Å²) in [7, 11) is 0. The van der Waals surface area contributed by atoms with Crippen molar-refractivity contribution in [3.05, 3.63) is 40.4 Å². The van der Waals surface area contributed by atoms with Gasteiger partial charge in [0, 0.05) is 30.1 Å². The van der Waals surface area contributed by atoms with Crippen LogP contribution in [-0.4, -0.2) is 29.0 Å². The Hall–Kier alpha value is -0.940. The fourth-order valence-electron chi connectivity index (χ4n) is 2.72. The Bertz CT molecular complexity index is 584. The SMILES string of the molecule is NCC1CCCN1Cc1csc(-c2ccccc2Cl)n1. The largest absolute Gasteiger partial charge is 0.329 e. The maximum Gasteiger partial charge on any atom is 0.125 e. The Morgan fingerprint density at radius 2 is 2.25 bits per heavy atom. The number of aromatic nitrogens is 1. The minimum atomic E-state index is 0.514. The van der Waals surface area contributed by atoms with Crippen molar-refractivity contribution in [3.63, 3.8) is 0 Å². The summed E-state index contributed by atoms with van der Waals surface area (Å²) < 4.78 is 0. The second-order valence-corrected chi connectivity index (χ2v) is 6.39. The van der Waals surface area contributed by atoms with E-state index in [1.807, 2.05) is 24.3 Å². The molecular formula is C15H18ClN3S. The Morgan fingerprint density at radius 1 is 1.40 bits per heavy atom. The van der Waals surface area contributed by atoms with Gasteiger partial charge < -0.3 is 5.73 Å². The number of likely N-dealkylation sites (tertiary alicyclic amines) is 1. The highest BCUT2D eigenvalue weighted by atomic mass is 35.5. The van der Waals surface area contributed by atoms with E-state index < -0.39 is 0 Å². The van der Waals surface area contributed by atoms with Crippen LogP contribution in [0, 0.1) is 0 Å². The fraction of sp³-hybridized carbons (Fsp3) is 0.400. The van der Waals surface area contributed by atoms with Gasteiger partial charge in [0.05, 0.1) is 10.7 Å². The smallest absolute Gasteiger partial charge is 0.125 e. The molecule has 106 valence electrons. The molecule has 2 N–H and O–H groups in total. The third-order valence-electron chi connectivity index (χ3n) is 3.79. The van der Waals surface area contributed by atoms with Crippen molar-refractivity contribution in [2.45, 2.75) is 25.4 Å². The third kappa shape index (κ3) is 2.88. The Morgan fingerprint density at radius 3 is 3.05 bits per heavy atom. The lowest BCUT2D eigenvalue weighted by Gasteiger charge is -2.21. The lowest BCUT2D eigenvalue weighted by molar-refractivity contribution is 0.248. The van der Waals surface area contributed by atoms with Crippen molar-refractivity contribution in [1.29, 1.82) is 0 Å². The molecule has 2 heterocycles. The zero-order valence-electron chi connectivity index (χ0n) is 11.3. The van der Waals surface area contributed by atoms with Gasteiger partial charge in [0.1, 0.15) is 5.01 Å². The molecule has 0 radical (unpaired) electrons. The Labute approximate surface area is 128 Å². The third-order valence-corrected chi connectivity index (χ3v) is 5.05. The average Bonchev–Trinajstić information content (AvgIpc) is 3.09. The minimum absolute atomic E-state index is 0.514. The van der Waals surface area contributed by atoms with Crippen LogP contribution in [0.4, 0.5) is 0 Å². The quantitative estimate of drug-likeness (QED) is 0.941. The first-order chi connectivity index (χ1) is 9.78. The van der Waals surface area contributed by atoms with Crippen LogP contribution in [-0.2, 0) is 6.54 Å². The van der Waals surface area contributed by atoms with E-state index in [4.69, 9.17) is 22.3 Å². The van der Waals surface area contributed by atoms with Gasteiger partial charge in [-0.05, 0) is 25.5 Å². The predicted octanol–water partition coefficient (Wildman–Crippen LogP) is 3.39. The zero-order valence-corrected chi connectivity index (χ0v) is 12.8. The number of benzene rings is 1. The normalized spacial score (nSPS) is 19.6. The maximum absolute atomic E-state index is 6.22. The molecule has 1 aliphatic heterocycles. The minimum Gasteiger partial charge on any atom is -0.329 e. The summed E-state index contributed by atoms with van der Waals surface area (Å²) in [5.41, 5.74) is 7.95. The first-order valence-corrected chi connectivity index (χ1v) is 8.17. The molecular weight excluding hydrogens is 290 g/mol. The van der Waals surface area contributed by atoms with Gasteiger partial charge in [-0.1, -0.05) is 29.8 Å². The van der Waals surface area contributed by atoms with Gasteiger partial charge >= 0.3 is 0 Å². The molecule has 3 nitrogen and oxygen atoms in total. The summed E-state index contributed by atoms with van der Waals surface area (Å²) in [5.74, 6) is 0. The molecule has 2 aromatic rings. The van der Waals surface area contributed by atoms with Crippen molar-refractivity contribution in [2.24, 2.45) is 5.73 Å². The number of halogens is 1. The summed E-state index contributed by atoms with van der Waals surface area (Å²) in [6, 6.07) is 8.37. The predicted molar refractivity (Wildman–Crippen MR) is 85.0 cm³/mol. The van der Waals surface area contributed by atoms with E-state index in [2.05, 4.69) is 10.3 Å². The first kappa shape index (κ1) is 14.0. The van der Waals surface area contributed by atoms with Gasteiger partial charge in [0.25, 0.3) is 0 Å². The van der Waals surface area contributed by atoms with Gasteiger partial charge in [0.2, 0.25) is 0 Å². The molecule has 1 aromatic heterocycles. The maximum atomic E-state index is 6.22. The van der Waals surface area contributed by atoms with E-state index in [1.165, 1.54) is 12.8 Å². The Kier molecular flexibility index (Phi) is 4.36. The van der Waals surface area contributed by atoms with Crippen LogP contribution in [0.3, 0.4) is 0 Å². The van der Waals surface area contributed by atoms with Crippen LogP contribution in [0.15, 0.2) is 29.6 Å². The summed E-state index contributed by atoms with van der Waals surface area (Å²) in [6.45, 7) is 2.76. The van der Waals surface area contributed by atoms with Gasteiger partial charge in [0.15, 0.2) is 0 Å². The number of nitrogens with zero attached hydrogens (tertiary/aromatic N) is 2. The molecule has 1 unspecified atom stereocenters. The van der Waals surface area contributed by atoms with E-state index >= 15 is 0 Å². The molecule has 0 saturated carbocycles. The molecule has 0 aliphatic carbocycles. The first-order valence-electron chi connectivity index (χ1n) is 6.91. The topological polar surface area (TPSA) is 42.1 Å². The summed E-state index contributed by atoms with van der Waals surface area (Å²) in [4.78, 5) is 7.16. The number of rotatable bonds is 4. The standard InChI is InChI=1S/C15H18ClN3S/c16-14-6-2-1-5-13(14)15-18-11(10-20-15)9-19-7-3-4-12(19)8-17/h1-2,5-6,10,12H,3-4,7-9,17H2. The van der Waals surface area contributed by atoms with Gasteiger partial charge in [-0.3, -0.25) is 4.90 Å². The van der Waals surface area contributed by atoms with Crippen molar-refractivity contribution < 1.29 is 0 Å². The van der Waals surface area contributed by atoms with Crippen molar-refractivity contribution >= 4 is 22.9 Å². The van der Waals surface area contributed by atoms with Crippen molar-refractivity contribution in [2.75, 3.05) is 13.1 Å². The van der Waals surface area contributed by atoms with Gasteiger partial charge in [-0.25, -0.2) is 4.98 Å². The summed E-state index contributed by atoms with van der Waals surface area (Å²) >= 11 is 7.88. The molecule has 1 aliphatic rings. The second-order valence-electron chi connectivity index (χ2n) is 5.13. The van der Waals surface area contributed by atoms with Crippen LogP contribution in [0.5, 0.6) is 0 Å². The van der Waals surface area contributed by atoms with E-state index in [0.29, 0.717) is 6.04 Å². The van der Waals surface area contributed by atoms with E-state index in [9.17, 15) is 0 Å². The van der Waals surface area contributed by atoms with Crippen LogP contribution >= 0.6 is 22.9 Å². The lowest BCUT2D eigenvalue weighted by Crippen LogP contribution is -2.34. The molecule has 0 spiro atoms. The molecule has 1 fully saturated rings. The number of thiazole rings is 1. The van der Waals surface area contributed by atoms with Crippen LogP contribution in [0.2, 0.25) is 5.02 Å². The van der Waals surface area contributed by atoms with Crippen molar-refractivity contribution in [1.82, 2.24) is 9.88 Å². The van der Waals surface area contributed by atoms with Crippen LogP contribution in [0.1, 0.15) is 18.5 Å². The van der Waals surface area contributed by atoms with Crippen LogP contribution < -0.4 is 5.73 Å². The number of hydrogen-bond acceptors (Lipinski definition) is 4. The number of hydrogen-bond donors (Lipinski definition) is 1. The average molecular weight is 308 g/mol. The second kappa shape index (κ2) is 6.22. The molecule has 1 atom stereocenters. The lowest BCUT2D eigenvalue weighted by atomic mass is 10.2. The summed E-state index contributed by atoms with van der Waals surface area (Å²) in [6.07, 6.45) is 2.45. The van der Waals surface area contributed by atoms with Crippen molar-refractivity contribution in [3.8, 4) is 10.6 Å². The Balaban J connectivity index is 1.76. The van der Waals surface area contributed by atoms with E-state index in [0.717, 1.165) is 40.9 Å².